The summed E-state index contributed by atoms with van der Waals surface area (Å²) < 4.78 is 36.2. The van der Waals surface area contributed by atoms with Gasteiger partial charge in [-0.25, -0.2) is 0 Å². The number of hydrogen-bond acceptors (Lipinski definition) is 3. The maximum atomic E-state index is 12.1. The van der Waals surface area contributed by atoms with Gasteiger partial charge in [0.25, 0.3) is 0 Å². The lowest BCUT2D eigenvalue weighted by atomic mass is 9.98. The number of alkyl halides is 3. The van der Waals surface area contributed by atoms with Crippen LogP contribution in [-0.2, 0) is 0 Å². The highest BCUT2D eigenvalue weighted by Gasteiger charge is 2.33. The normalized spacial score (nSPS) is 26.1. The number of rotatable bonds is 4. The van der Waals surface area contributed by atoms with Crippen LogP contribution in [0.2, 0.25) is 0 Å². The maximum absolute atomic E-state index is 12.1. The molecule has 1 heterocycles. The summed E-state index contributed by atoms with van der Waals surface area (Å²) in [6.45, 7) is 8.43. The lowest BCUT2D eigenvalue weighted by molar-refractivity contribution is -0.0330. The average Bonchev–Trinajstić information content (AvgIpc) is 2.15. The molecular formula is C11H21F3N2S. The van der Waals surface area contributed by atoms with Gasteiger partial charge in [-0.05, 0) is 32.0 Å². The predicted molar refractivity (Wildman–Crippen MR) is 66.2 cm³/mol. The second-order valence-corrected chi connectivity index (χ2v) is 6.25. The highest BCUT2D eigenvalue weighted by molar-refractivity contribution is 8.00. The second kappa shape index (κ2) is 5.80. The van der Waals surface area contributed by atoms with E-state index in [9.17, 15) is 13.2 Å². The topological polar surface area (TPSA) is 15.3 Å². The van der Waals surface area contributed by atoms with Gasteiger partial charge < -0.3 is 5.32 Å². The van der Waals surface area contributed by atoms with E-state index in [1.807, 2.05) is 0 Å². The molecule has 0 aromatic heterocycles. The van der Waals surface area contributed by atoms with Crippen molar-refractivity contribution in [2.24, 2.45) is 0 Å². The highest BCUT2D eigenvalue weighted by Crippen LogP contribution is 2.30. The number of thioether (sulfide) groups is 1. The van der Waals surface area contributed by atoms with Crippen molar-refractivity contribution in [2.45, 2.75) is 44.3 Å². The summed E-state index contributed by atoms with van der Waals surface area (Å²) in [6.07, 6.45) is 0.972. The SMILES string of the molecule is CCC1CNC(C)(C)CN1CCSC(F)(F)F. The summed E-state index contributed by atoms with van der Waals surface area (Å²) in [6, 6.07) is 0.358. The molecule has 1 aliphatic heterocycles. The monoisotopic (exact) mass is 270 g/mol. The van der Waals surface area contributed by atoms with Gasteiger partial charge in [-0.15, -0.1) is 0 Å². The van der Waals surface area contributed by atoms with E-state index in [0.29, 0.717) is 12.6 Å². The molecule has 0 spiro atoms. The number of hydrogen-bond donors (Lipinski definition) is 1. The molecule has 1 unspecified atom stereocenters. The number of halogens is 3. The molecule has 0 saturated carbocycles. The highest BCUT2D eigenvalue weighted by atomic mass is 32.2. The van der Waals surface area contributed by atoms with Crippen molar-refractivity contribution < 1.29 is 13.2 Å². The molecular weight excluding hydrogens is 249 g/mol. The lowest BCUT2D eigenvalue weighted by Crippen LogP contribution is -2.61. The first-order valence-electron chi connectivity index (χ1n) is 5.93. The van der Waals surface area contributed by atoms with Crippen molar-refractivity contribution in [3.8, 4) is 0 Å². The van der Waals surface area contributed by atoms with Gasteiger partial charge in [-0.3, -0.25) is 4.90 Å². The van der Waals surface area contributed by atoms with Gasteiger partial charge in [0.2, 0.25) is 0 Å². The Balaban J connectivity index is 2.42. The van der Waals surface area contributed by atoms with Gasteiger partial charge in [-0.1, -0.05) is 6.92 Å². The van der Waals surface area contributed by atoms with Crippen LogP contribution in [0, 0.1) is 0 Å². The van der Waals surface area contributed by atoms with E-state index < -0.39 is 5.51 Å². The van der Waals surface area contributed by atoms with Crippen LogP contribution < -0.4 is 5.32 Å². The Kier molecular flexibility index (Phi) is 5.16. The van der Waals surface area contributed by atoms with E-state index in [0.717, 1.165) is 19.5 Å². The molecule has 1 aliphatic rings. The Labute approximate surface area is 105 Å². The summed E-state index contributed by atoms with van der Waals surface area (Å²) in [5.41, 5.74) is -4.11. The zero-order chi connectivity index (χ0) is 13.1. The van der Waals surface area contributed by atoms with Crippen LogP contribution in [0.25, 0.3) is 0 Å². The third kappa shape index (κ3) is 5.48. The van der Waals surface area contributed by atoms with Crippen LogP contribution in [0.1, 0.15) is 27.2 Å². The molecule has 1 atom stereocenters. The van der Waals surface area contributed by atoms with Crippen LogP contribution in [0.5, 0.6) is 0 Å². The largest absolute Gasteiger partial charge is 0.441 e. The van der Waals surface area contributed by atoms with Crippen LogP contribution in [0.4, 0.5) is 13.2 Å². The first-order valence-corrected chi connectivity index (χ1v) is 6.92. The Morgan fingerprint density at radius 1 is 1.41 bits per heavy atom. The molecule has 6 heteroatoms. The minimum Gasteiger partial charge on any atom is -0.309 e. The first-order chi connectivity index (χ1) is 7.73. The molecule has 1 fully saturated rings. The molecule has 1 rings (SSSR count). The number of piperazine rings is 1. The summed E-state index contributed by atoms with van der Waals surface area (Å²) in [5, 5.41) is 3.43. The summed E-state index contributed by atoms with van der Waals surface area (Å²) >= 11 is 0.0778. The molecule has 1 saturated heterocycles. The molecule has 0 bridgehead atoms. The minimum absolute atomic E-state index is 0.00539. The summed E-state index contributed by atoms with van der Waals surface area (Å²) in [5.74, 6) is 0.121. The predicted octanol–water partition coefficient (Wildman–Crippen LogP) is 2.70. The smallest absolute Gasteiger partial charge is 0.309 e. The van der Waals surface area contributed by atoms with Gasteiger partial charge in [0, 0.05) is 37.0 Å². The molecule has 0 aliphatic carbocycles. The van der Waals surface area contributed by atoms with Crippen LogP contribution in [0.15, 0.2) is 0 Å². The quantitative estimate of drug-likeness (QED) is 0.845. The average molecular weight is 270 g/mol. The van der Waals surface area contributed by atoms with Crippen molar-refractivity contribution in [2.75, 3.05) is 25.4 Å². The zero-order valence-electron chi connectivity index (χ0n) is 10.6. The molecule has 0 aromatic rings. The lowest BCUT2D eigenvalue weighted by Gasteiger charge is -2.44. The van der Waals surface area contributed by atoms with E-state index in [1.165, 1.54) is 0 Å². The van der Waals surface area contributed by atoms with Gasteiger partial charge in [0.05, 0.1) is 0 Å². The standard InChI is InChI=1S/C11H21F3N2S/c1-4-9-7-15-10(2,3)8-16(9)5-6-17-11(12,13)14/h9,15H,4-8H2,1-3H3. The molecule has 1 N–H and O–H groups in total. The van der Waals surface area contributed by atoms with Gasteiger partial charge >= 0.3 is 5.51 Å². The van der Waals surface area contributed by atoms with Gasteiger partial charge in [0.15, 0.2) is 0 Å². The summed E-state index contributed by atoms with van der Waals surface area (Å²) in [7, 11) is 0. The molecule has 2 nitrogen and oxygen atoms in total. The Hall–Kier alpha value is 0.0600. The fraction of sp³-hybridized carbons (Fsp3) is 1.00. The fourth-order valence-electron chi connectivity index (χ4n) is 2.16. The van der Waals surface area contributed by atoms with Crippen LogP contribution >= 0.6 is 11.8 Å². The van der Waals surface area contributed by atoms with Crippen LogP contribution in [0.3, 0.4) is 0 Å². The van der Waals surface area contributed by atoms with E-state index in [4.69, 9.17) is 0 Å². The van der Waals surface area contributed by atoms with Crippen molar-refractivity contribution in [3.63, 3.8) is 0 Å². The van der Waals surface area contributed by atoms with Crippen molar-refractivity contribution in [1.29, 1.82) is 0 Å². The molecule has 0 amide bonds. The van der Waals surface area contributed by atoms with Gasteiger partial charge in [-0.2, -0.15) is 13.2 Å². The van der Waals surface area contributed by atoms with Crippen molar-refractivity contribution >= 4 is 11.8 Å². The van der Waals surface area contributed by atoms with E-state index in [2.05, 4.69) is 31.0 Å². The molecule has 0 radical (unpaired) electrons. The maximum Gasteiger partial charge on any atom is 0.441 e. The Morgan fingerprint density at radius 3 is 2.59 bits per heavy atom. The van der Waals surface area contributed by atoms with Crippen LogP contribution in [-0.4, -0.2) is 47.4 Å². The van der Waals surface area contributed by atoms with Crippen molar-refractivity contribution in [3.05, 3.63) is 0 Å². The Morgan fingerprint density at radius 2 is 2.06 bits per heavy atom. The minimum atomic E-state index is -4.11. The summed E-state index contributed by atoms with van der Waals surface area (Å²) in [4.78, 5) is 2.18. The van der Waals surface area contributed by atoms with Crippen molar-refractivity contribution in [1.82, 2.24) is 10.2 Å². The number of nitrogens with one attached hydrogen (secondary N) is 1. The van der Waals surface area contributed by atoms with E-state index in [1.54, 1.807) is 0 Å². The molecule has 102 valence electrons. The second-order valence-electron chi connectivity index (χ2n) is 5.09. The molecule has 0 aromatic carbocycles. The Bertz CT molecular complexity index is 243. The van der Waals surface area contributed by atoms with Gasteiger partial charge in [0.1, 0.15) is 0 Å². The fourth-order valence-corrected chi connectivity index (χ4v) is 2.72. The zero-order valence-corrected chi connectivity index (χ0v) is 11.4. The third-order valence-electron chi connectivity index (χ3n) is 3.05. The third-order valence-corrected chi connectivity index (χ3v) is 3.76. The van der Waals surface area contributed by atoms with E-state index in [-0.39, 0.29) is 23.1 Å². The van der Waals surface area contributed by atoms with E-state index >= 15 is 0 Å². The first kappa shape index (κ1) is 15.1. The number of nitrogens with zero attached hydrogens (tertiary/aromatic N) is 1. The molecule has 17 heavy (non-hydrogen) atoms.